The molecule has 0 aliphatic heterocycles. The van der Waals surface area contributed by atoms with E-state index in [2.05, 4.69) is 25.6 Å². The molecule has 0 radical (unpaired) electrons. The summed E-state index contributed by atoms with van der Waals surface area (Å²) in [5, 5.41) is 12.9. The molecular weight excluding hydrogens is 184 g/mol. The van der Waals surface area contributed by atoms with Crippen LogP contribution in [0.1, 0.15) is 0 Å². The van der Waals surface area contributed by atoms with Gasteiger partial charge in [-0.3, -0.25) is 0 Å². The summed E-state index contributed by atoms with van der Waals surface area (Å²) in [4.78, 5) is 13.4. The summed E-state index contributed by atoms with van der Waals surface area (Å²) in [6.45, 7) is 0. The van der Waals surface area contributed by atoms with Gasteiger partial charge in [-0.1, -0.05) is 16.7 Å². The van der Waals surface area contributed by atoms with Crippen molar-refractivity contribution in [3.8, 4) is 5.95 Å². The van der Waals surface area contributed by atoms with Gasteiger partial charge >= 0.3 is 5.69 Å². The number of H-pyrrole nitrogens is 2. The molecule has 2 aromatic rings. The molecule has 0 fully saturated rings. The van der Waals surface area contributed by atoms with Crippen molar-refractivity contribution in [1.29, 1.82) is 0 Å². The van der Waals surface area contributed by atoms with E-state index in [9.17, 15) is 4.79 Å². The number of imidazole rings is 1. The summed E-state index contributed by atoms with van der Waals surface area (Å²) in [6, 6.07) is 0. The third-order valence-corrected chi connectivity index (χ3v) is 1.54. The zero-order chi connectivity index (χ0) is 8.55. The molecule has 8 heteroatoms. The number of hydrogen-bond acceptors (Lipinski definition) is 4. The molecule has 0 aliphatic rings. The van der Waals surface area contributed by atoms with Crippen molar-refractivity contribution in [2.24, 2.45) is 0 Å². The lowest BCUT2D eigenvalue weighted by atomic mass is 10.8. The highest BCUT2D eigenvalue weighted by Crippen LogP contribution is 2.06. The van der Waals surface area contributed by atoms with Gasteiger partial charge in [-0.15, -0.1) is 5.10 Å². The summed E-state index contributed by atoms with van der Waals surface area (Å²) < 4.78 is 1.09. The van der Waals surface area contributed by atoms with Crippen LogP contribution in [0.3, 0.4) is 0 Å². The van der Waals surface area contributed by atoms with E-state index in [1.165, 1.54) is 6.20 Å². The standard InChI is InChI=1S/C4H3ClN6O/c5-2-1-6-4(12)11(2)3-7-9-10-8-3/h1H,(H,6,12)(H,7,8,9,10). The first-order valence-corrected chi connectivity index (χ1v) is 3.36. The van der Waals surface area contributed by atoms with Crippen molar-refractivity contribution in [2.75, 3.05) is 0 Å². The van der Waals surface area contributed by atoms with Crippen LogP contribution >= 0.6 is 11.6 Å². The number of tetrazole rings is 1. The van der Waals surface area contributed by atoms with Crippen molar-refractivity contribution in [3.63, 3.8) is 0 Å². The summed E-state index contributed by atoms with van der Waals surface area (Å²) in [5.74, 6) is 0.117. The second-order valence-corrected chi connectivity index (χ2v) is 2.35. The Labute approximate surface area is 70.4 Å². The number of aromatic amines is 2. The molecule has 0 bridgehead atoms. The van der Waals surface area contributed by atoms with E-state index >= 15 is 0 Å². The molecule has 2 N–H and O–H groups in total. The van der Waals surface area contributed by atoms with Crippen LogP contribution < -0.4 is 5.69 Å². The summed E-state index contributed by atoms with van der Waals surface area (Å²) in [7, 11) is 0. The number of nitrogens with zero attached hydrogens (tertiary/aromatic N) is 4. The minimum Gasteiger partial charge on any atom is -0.311 e. The predicted octanol–water partition coefficient (Wildman–Crippen LogP) is -0.668. The van der Waals surface area contributed by atoms with Gasteiger partial charge in [0.2, 0.25) is 0 Å². The zero-order valence-electron chi connectivity index (χ0n) is 5.65. The molecule has 0 atom stereocenters. The van der Waals surface area contributed by atoms with Crippen LogP contribution in [0, 0.1) is 0 Å². The Morgan fingerprint density at radius 1 is 1.58 bits per heavy atom. The lowest BCUT2D eigenvalue weighted by molar-refractivity contribution is 0.881. The smallest absolute Gasteiger partial charge is 0.311 e. The van der Waals surface area contributed by atoms with Gasteiger partial charge in [0.05, 0.1) is 0 Å². The average Bonchev–Trinajstić information content (AvgIpc) is 2.61. The number of aromatic nitrogens is 6. The second-order valence-electron chi connectivity index (χ2n) is 1.96. The van der Waals surface area contributed by atoms with E-state index in [0.29, 0.717) is 0 Å². The Hall–Kier alpha value is -1.63. The Balaban J connectivity index is 2.68. The van der Waals surface area contributed by atoms with E-state index < -0.39 is 5.69 Å². The number of rotatable bonds is 1. The van der Waals surface area contributed by atoms with E-state index in [1.54, 1.807) is 0 Å². The Kier molecular flexibility index (Phi) is 1.44. The fourth-order valence-electron chi connectivity index (χ4n) is 0.785. The van der Waals surface area contributed by atoms with Crippen LogP contribution in [0.25, 0.3) is 5.95 Å². The highest BCUT2D eigenvalue weighted by molar-refractivity contribution is 6.29. The number of nitrogens with one attached hydrogen (secondary N) is 2. The largest absolute Gasteiger partial charge is 0.333 e. The monoisotopic (exact) mass is 186 g/mol. The molecule has 0 aromatic carbocycles. The topological polar surface area (TPSA) is 92.2 Å². The second kappa shape index (κ2) is 2.45. The van der Waals surface area contributed by atoms with Gasteiger partial charge in [-0.05, 0) is 5.21 Å². The van der Waals surface area contributed by atoms with Crippen molar-refractivity contribution in [1.82, 2.24) is 30.2 Å². The third kappa shape index (κ3) is 0.909. The first kappa shape index (κ1) is 7.04. The first-order chi connectivity index (χ1) is 5.79. The normalized spacial score (nSPS) is 10.4. The summed E-state index contributed by atoms with van der Waals surface area (Å²) in [5.41, 5.74) is -0.401. The lowest BCUT2D eigenvalue weighted by Crippen LogP contribution is -2.16. The van der Waals surface area contributed by atoms with Crippen LogP contribution in [-0.4, -0.2) is 30.2 Å². The van der Waals surface area contributed by atoms with E-state index in [0.717, 1.165) is 4.57 Å². The van der Waals surface area contributed by atoms with E-state index in [1.807, 2.05) is 0 Å². The average molecular weight is 187 g/mol. The van der Waals surface area contributed by atoms with Crippen molar-refractivity contribution in [2.45, 2.75) is 0 Å². The fourth-order valence-corrected chi connectivity index (χ4v) is 0.992. The van der Waals surface area contributed by atoms with Gasteiger partial charge in [-0.2, -0.15) is 5.21 Å². The van der Waals surface area contributed by atoms with Gasteiger partial charge in [0.15, 0.2) is 0 Å². The lowest BCUT2D eigenvalue weighted by Gasteiger charge is -1.90. The van der Waals surface area contributed by atoms with Gasteiger partial charge < -0.3 is 4.98 Å². The SMILES string of the molecule is O=c1[nH]cc(Cl)n1-c1nn[nH]n1. The quantitative estimate of drug-likeness (QED) is 0.618. The third-order valence-electron chi connectivity index (χ3n) is 1.27. The molecule has 0 aliphatic carbocycles. The van der Waals surface area contributed by atoms with E-state index in [4.69, 9.17) is 11.6 Å². The Morgan fingerprint density at radius 3 is 2.92 bits per heavy atom. The first-order valence-electron chi connectivity index (χ1n) is 2.99. The Morgan fingerprint density at radius 2 is 2.42 bits per heavy atom. The fraction of sp³-hybridized carbons (Fsp3) is 0. The minimum absolute atomic E-state index is 0.117. The molecule has 0 saturated carbocycles. The van der Waals surface area contributed by atoms with Crippen molar-refractivity contribution in [3.05, 3.63) is 21.8 Å². The van der Waals surface area contributed by atoms with Gasteiger partial charge in [0.25, 0.3) is 5.95 Å². The van der Waals surface area contributed by atoms with Crippen molar-refractivity contribution >= 4 is 11.6 Å². The zero-order valence-corrected chi connectivity index (χ0v) is 6.41. The highest BCUT2D eigenvalue weighted by Gasteiger charge is 2.09. The van der Waals surface area contributed by atoms with Crippen molar-refractivity contribution < 1.29 is 0 Å². The predicted molar refractivity (Wildman–Crippen MR) is 39.1 cm³/mol. The van der Waals surface area contributed by atoms with Crippen LogP contribution in [-0.2, 0) is 0 Å². The molecule has 12 heavy (non-hydrogen) atoms. The molecule has 0 unspecified atom stereocenters. The molecule has 2 heterocycles. The number of hydrogen-bond donors (Lipinski definition) is 2. The maximum Gasteiger partial charge on any atom is 0.333 e. The van der Waals surface area contributed by atoms with Gasteiger partial charge in [0.1, 0.15) is 5.15 Å². The molecule has 2 aromatic heterocycles. The van der Waals surface area contributed by atoms with Crippen LogP contribution in [0.2, 0.25) is 5.15 Å². The van der Waals surface area contributed by atoms with Crippen LogP contribution in [0.5, 0.6) is 0 Å². The molecule has 0 spiro atoms. The minimum atomic E-state index is -0.401. The maximum atomic E-state index is 11.0. The van der Waals surface area contributed by atoms with Crippen LogP contribution in [0.4, 0.5) is 0 Å². The summed E-state index contributed by atoms with van der Waals surface area (Å²) >= 11 is 5.65. The van der Waals surface area contributed by atoms with Gasteiger partial charge in [0, 0.05) is 6.20 Å². The molecule has 2 rings (SSSR count). The molecule has 0 saturated heterocycles. The van der Waals surface area contributed by atoms with Gasteiger partial charge in [-0.25, -0.2) is 9.36 Å². The number of halogens is 1. The maximum absolute atomic E-state index is 11.0. The molecule has 62 valence electrons. The molecular formula is C4H3ClN6O. The molecule has 0 amide bonds. The highest BCUT2D eigenvalue weighted by atomic mass is 35.5. The van der Waals surface area contributed by atoms with Crippen LogP contribution in [0.15, 0.2) is 11.0 Å². The van der Waals surface area contributed by atoms with E-state index in [-0.39, 0.29) is 11.1 Å². The Bertz CT molecular complexity index is 427. The molecule has 7 nitrogen and oxygen atoms in total. The summed E-state index contributed by atoms with van der Waals surface area (Å²) in [6.07, 6.45) is 1.35.